The Bertz CT molecular complexity index is 1130. The van der Waals surface area contributed by atoms with Crippen molar-refractivity contribution in [2.24, 2.45) is 0 Å². The van der Waals surface area contributed by atoms with Crippen LogP contribution in [0.25, 0.3) is 0 Å². The highest BCUT2D eigenvalue weighted by Crippen LogP contribution is 2.37. The molecule has 1 aromatic carbocycles. The van der Waals surface area contributed by atoms with Crippen LogP contribution in [0.4, 0.5) is 20.3 Å². The lowest BCUT2D eigenvalue weighted by Crippen LogP contribution is -2.41. The Morgan fingerprint density at radius 2 is 1.84 bits per heavy atom. The second kappa shape index (κ2) is 10.0. The van der Waals surface area contributed by atoms with Gasteiger partial charge in [0.1, 0.15) is 11.6 Å². The van der Waals surface area contributed by atoms with Gasteiger partial charge < -0.3 is 29.2 Å². The zero-order valence-electron chi connectivity index (χ0n) is 21.8. The van der Waals surface area contributed by atoms with Crippen LogP contribution in [0.1, 0.15) is 44.5 Å². The summed E-state index contributed by atoms with van der Waals surface area (Å²) in [6.45, 7) is 9.52. The molecule has 1 amide bonds. The molecule has 1 aromatic heterocycles. The van der Waals surface area contributed by atoms with Crippen LogP contribution in [0.3, 0.4) is 0 Å². The van der Waals surface area contributed by atoms with Crippen LogP contribution < -0.4 is 20.4 Å². The number of hydrogen-bond donors (Lipinski definition) is 1. The molecular weight excluding hydrogens is 505 g/mol. The van der Waals surface area contributed by atoms with Gasteiger partial charge in [-0.3, -0.25) is 4.79 Å². The largest absolute Gasteiger partial charge is 0.498 e. The molecular formula is C25H32BClF2N4O4. The first kappa shape index (κ1) is 27.6. The molecule has 2 fully saturated rings. The molecule has 2 aromatic rings. The summed E-state index contributed by atoms with van der Waals surface area (Å²) in [7, 11) is 3.42. The van der Waals surface area contributed by atoms with Gasteiger partial charge in [-0.05, 0) is 78.5 Å². The number of anilines is 2. The number of nitrogens with one attached hydrogen (secondary N) is 1. The quantitative estimate of drug-likeness (QED) is 0.424. The molecule has 200 valence electrons. The van der Waals surface area contributed by atoms with Gasteiger partial charge >= 0.3 is 12.7 Å². The molecule has 0 spiro atoms. The Hall–Kier alpha value is -2.47. The summed E-state index contributed by atoms with van der Waals surface area (Å²) in [5.74, 6) is 0.178. The second-order valence-corrected chi connectivity index (χ2v) is 11.0. The summed E-state index contributed by atoms with van der Waals surface area (Å²) in [6.07, 6.45) is 2.52. The maximum absolute atomic E-state index is 13.1. The number of hydrogen-bond acceptors (Lipinski definition) is 7. The number of benzene rings is 1. The third-order valence-electron chi connectivity index (χ3n) is 7.20. The normalized spacial score (nSPS) is 21.0. The van der Waals surface area contributed by atoms with Crippen molar-refractivity contribution in [2.75, 3.05) is 37.4 Å². The Kier molecular flexibility index (Phi) is 7.46. The summed E-state index contributed by atoms with van der Waals surface area (Å²) in [6, 6.07) is 7.60. The standard InChI is InChI=1S/C25H32BClF2N4O4/c1-23(2)24(3,4)37-26(36-23)20-13-16(14-30-21(20)33-12-11-18(15-33)32(5)6)22(34)31-17-7-9-19(10-8-17)35-25(27,28)29/h7-10,13-14,18H,11-12,15H2,1-6H3,(H,31,34)/t18-/m1/s1. The van der Waals surface area contributed by atoms with Crippen LogP contribution in [0.2, 0.25) is 0 Å². The molecule has 4 rings (SSSR count). The Morgan fingerprint density at radius 1 is 1.22 bits per heavy atom. The van der Waals surface area contributed by atoms with Crippen molar-refractivity contribution in [2.45, 2.75) is 56.9 Å². The molecule has 0 radical (unpaired) electrons. The monoisotopic (exact) mass is 536 g/mol. The molecule has 3 heterocycles. The topological polar surface area (TPSA) is 76.2 Å². The lowest BCUT2D eigenvalue weighted by molar-refractivity contribution is -0.0964. The van der Waals surface area contributed by atoms with E-state index in [9.17, 15) is 13.6 Å². The van der Waals surface area contributed by atoms with Crippen molar-refractivity contribution in [3.05, 3.63) is 42.1 Å². The molecule has 0 saturated carbocycles. The molecule has 1 atom stereocenters. The molecule has 37 heavy (non-hydrogen) atoms. The van der Waals surface area contributed by atoms with E-state index in [0.29, 0.717) is 22.8 Å². The third kappa shape index (κ3) is 6.17. The van der Waals surface area contributed by atoms with E-state index in [2.05, 4.69) is 38.9 Å². The van der Waals surface area contributed by atoms with Gasteiger partial charge in [0.2, 0.25) is 0 Å². The molecule has 1 N–H and O–H groups in total. The van der Waals surface area contributed by atoms with Gasteiger partial charge in [-0.1, -0.05) is 0 Å². The minimum absolute atomic E-state index is 0.131. The lowest BCUT2D eigenvalue weighted by atomic mass is 9.78. The minimum atomic E-state index is -3.82. The van der Waals surface area contributed by atoms with Crippen molar-refractivity contribution >= 4 is 41.6 Å². The summed E-state index contributed by atoms with van der Waals surface area (Å²) in [5.41, 5.74) is -3.56. The van der Waals surface area contributed by atoms with Crippen molar-refractivity contribution in [3.8, 4) is 5.75 Å². The lowest BCUT2D eigenvalue weighted by Gasteiger charge is -2.32. The predicted molar refractivity (Wildman–Crippen MR) is 140 cm³/mol. The van der Waals surface area contributed by atoms with Crippen LogP contribution in [0, 0.1) is 0 Å². The molecule has 2 aliphatic heterocycles. The highest BCUT2D eigenvalue weighted by molar-refractivity contribution is 6.64. The Labute approximate surface area is 221 Å². The second-order valence-electron chi connectivity index (χ2n) is 10.6. The maximum atomic E-state index is 13.1. The first-order valence-corrected chi connectivity index (χ1v) is 12.5. The van der Waals surface area contributed by atoms with Gasteiger partial charge in [-0.25, -0.2) is 4.98 Å². The number of rotatable bonds is 7. The SMILES string of the molecule is CN(C)[C@@H]1CCN(c2ncc(C(=O)Nc3ccc(OC(F)(F)Cl)cc3)cc2B2OC(C)(C)C(C)(C)O2)C1. The molecule has 2 saturated heterocycles. The predicted octanol–water partition coefficient (Wildman–Crippen LogP) is 3.94. The average molecular weight is 537 g/mol. The number of aromatic nitrogens is 1. The minimum Gasteiger partial charge on any atom is -0.420 e. The van der Waals surface area contributed by atoms with E-state index in [-0.39, 0.29) is 5.75 Å². The van der Waals surface area contributed by atoms with Gasteiger partial charge in [-0.2, -0.15) is 0 Å². The van der Waals surface area contributed by atoms with Gasteiger partial charge in [0, 0.05) is 48.1 Å². The molecule has 0 unspecified atom stereocenters. The third-order valence-corrected chi connectivity index (χ3v) is 7.28. The fourth-order valence-electron chi connectivity index (χ4n) is 4.31. The van der Waals surface area contributed by atoms with Crippen LogP contribution in [-0.4, -0.2) is 72.9 Å². The number of amides is 1. The van der Waals surface area contributed by atoms with E-state index in [1.54, 1.807) is 6.07 Å². The number of carbonyl (C=O) groups excluding carboxylic acids is 1. The number of alkyl halides is 3. The summed E-state index contributed by atoms with van der Waals surface area (Å²) < 4.78 is 42.6. The molecule has 2 aliphatic rings. The average Bonchev–Trinajstić information content (AvgIpc) is 3.36. The van der Waals surface area contributed by atoms with E-state index >= 15 is 0 Å². The fourth-order valence-corrected chi connectivity index (χ4v) is 4.39. The zero-order valence-corrected chi connectivity index (χ0v) is 22.6. The number of halogens is 3. The first-order valence-electron chi connectivity index (χ1n) is 12.1. The molecule has 0 aliphatic carbocycles. The summed E-state index contributed by atoms with van der Waals surface area (Å²) in [4.78, 5) is 22.2. The van der Waals surface area contributed by atoms with Crippen molar-refractivity contribution < 1.29 is 27.6 Å². The van der Waals surface area contributed by atoms with Crippen LogP contribution in [0.15, 0.2) is 36.5 Å². The Balaban J connectivity index is 1.59. The highest BCUT2D eigenvalue weighted by Gasteiger charge is 2.53. The Morgan fingerprint density at radius 3 is 2.38 bits per heavy atom. The maximum Gasteiger partial charge on any atom is 0.498 e. The van der Waals surface area contributed by atoms with Crippen LogP contribution in [-0.2, 0) is 9.31 Å². The number of ether oxygens (including phenoxy) is 1. The first-order chi connectivity index (χ1) is 17.1. The highest BCUT2D eigenvalue weighted by atomic mass is 35.5. The van der Waals surface area contributed by atoms with Gasteiger partial charge in [-0.15, -0.1) is 8.78 Å². The number of nitrogens with zero attached hydrogens (tertiary/aromatic N) is 3. The van der Waals surface area contributed by atoms with Crippen LogP contribution in [0.5, 0.6) is 5.75 Å². The van der Waals surface area contributed by atoms with E-state index in [0.717, 1.165) is 25.3 Å². The molecule has 0 bridgehead atoms. The van der Waals surface area contributed by atoms with E-state index in [1.165, 1.54) is 30.5 Å². The number of pyridine rings is 1. The van der Waals surface area contributed by atoms with Gasteiger partial charge in [0.05, 0.1) is 16.8 Å². The van der Waals surface area contributed by atoms with E-state index < -0.39 is 29.8 Å². The van der Waals surface area contributed by atoms with Gasteiger partial charge in [0.25, 0.3) is 5.91 Å². The van der Waals surface area contributed by atoms with Crippen LogP contribution >= 0.6 is 11.6 Å². The summed E-state index contributed by atoms with van der Waals surface area (Å²) >= 11 is 4.80. The van der Waals surface area contributed by atoms with Crippen molar-refractivity contribution in [1.82, 2.24) is 9.88 Å². The van der Waals surface area contributed by atoms with Crippen molar-refractivity contribution in [3.63, 3.8) is 0 Å². The zero-order chi connectivity index (χ0) is 27.2. The van der Waals surface area contributed by atoms with E-state index in [1.807, 2.05) is 27.7 Å². The van der Waals surface area contributed by atoms with E-state index in [4.69, 9.17) is 20.9 Å². The smallest absolute Gasteiger partial charge is 0.420 e. The molecule has 8 nitrogen and oxygen atoms in total. The fraction of sp³-hybridized carbons (Fsp3) is 0.520. The van der Waals surface area contributed by atoms with Gasteiger partial charge in [0.15, 0.2) is 0 Å². The number of carbonyl (C=O) groups is 1. The van der Waals surface area contributed by atoms with Crippen molar-refractivity contribution in [1.29, 1.82) is 0 Å². The number of likely N-dealkylation sites (N-methyl/N-ethyl adjacent to an activating group) is 1. The molecule has 12 heteroatoms. The summed E-state index contributed by atoms with van der Waals surface area (Å²) in [5, 5.41) is 2.75.